The predicted molar refractivity (Wildman–Crippen MR) is 118 cm³/mol. The third-order valence-electron chi connectivity index (χ3n) is 4.61. The number of nitrogens with zero attached hydrogens (tertiary/aromatic N) is 1. The Labute approximate surface area is 168 Å². The van der Waals surface area contributed by atoms with Gasteiger partial charge in [-0.2, -0.15) is 5.10 Å². The summed E-state index contributed by atoms with van der Waals surface area (Å²) >= 11 is 0. The van der Waals surface area contributed by atoms with E-state index in [1.54, 1.807) is 6.92 Å². The van der Waals surface area contributed by atoms with E-state index < -0.39 is 9.04 Å². The van der Waals surface area contributed by atoms with Gasteiger partial charge in [0.15, 0.2) is 5.78 Å². The monoisotopic (exact) mass is 392 g/mol. The van der Waals surface area contributed by atoms with Gasteiger partial charge in [-0.15, -0.1) is 0 Å². The Morgan fingerprint density at radius 3 is 2.29 bits per heavy atom. The Bertz CT molecular complexity index is 986. The second kappa shape index (κ2) is 7.76. The third kappa shape index (κ3) is 3.94. The Morgan fingerprint density at radius 1 is 1.04 bits per heavy atom. The second-order valence-corrected chi connectivity index (χ2v) is 10.7. The van der Waals surface area contributed by atoms with E-state index in [2.05, 4.69) is 50.1 Å². The van der Waals surface area contributed by atoms with Crippen LogP contribution in [-0.4, -0.2) is 25.0 Å². The molecule has 0 spiro atoms. The number of carbonyl (C=O) groups excluding carboxylic acids is 1. The van der Waals surface area contributed by atoms with Gasteiger partial charge in [-0.3, -0.25) is 9.89 Å². The molecule has 0 bridgehead atoms. The third-order valence-corrected chi connectivity index (χ3v) is 5.32. The fourth-order valence-corrected chi connectivity index (χ4v) is 4.10. The van der Waals surface area contributed by atoms with Crippen molar-refractivity contribution in [2.75, 3.05) is 0 Å². The summed E-state index contributed by atoms with van der Waals surface area (Å²) in [5.41, 5.74) is 4.87. The van der Waals surface area contributed by atoms with Gasteiger partial charge in [0, 0.05) is 11.1 Å². The van der Waals surface area contributed by atoms with Gasteiger partial charge >= 0.3 is 0 Å². The summed E-state index contributed by atoms with van der Waals surface area (Å²) in [4.78, 5) is 12.6. The molecule has 0 unspecified atom stereocenters. The maximum atomic E-state index is 12.6. The molecule has 5 heteroatoms. The topological polar surface area (TPSA) is 55.0 Å². The summed E-state index contributed by atoms with van der Waals surface area (Å²) in [6, 6.07) is 16.0. The maximum absolute atomic E-state index is 12.6. The highest BCUT2D eigenvalue weighted by molar-refractivity contribution is 6.49. The zero-order valence-corrected chi connectivity index (χ0v) is 18.6. The summed E-state index contributed by atoms with van der Waals surface area (Å²) in [6.07, 6.45) is 0. The quantitative estimate of drug-likeness (QED) is 0.454. The number of para-hydroxylation sites is 1. The SMILES string of the molecule is CC(=O)c1c(-c2cccc(C(C)(C)C)c2O[SiH](C)C)n[nH]c1-c1ccccc1. The van der Waals surface area contributed by atoms with Crippen molar-refractivity contribution in [3.05, 3.63) is 59.7 Å². The summed E-state index contributed by atoms with van der Waals surface area (Å²) in [7, 11) is -1.36. The molecule has 4 nitrogen and oxygen atoms in total. The summed E-state index contributed by atoms with van der Waals surface area (Å²) in [5, 5.41) is 7.66. The minimum Gasteiger partial charge on any atom is -0.546 e. The largest absolute Gasteiger partial charge is 0.546 e. The van der Waals surface area contributed by atoms with Crippen LogP contribution < -0.4 is 4.43 Å². The molecule has 0 radical (unpaired) electrons. The molecule has 1 aromatic heterocycles. The fourth-order valence-electron chi connectivity index (χ4n) is 3.37. The first-order valence-corrected chi connectivity index (χ1v) is 12.4. The van der Waals surface area contributed by atoms with Gasteiger partial charge in [0.05, 0.1) is 11.3 Å². The standard InChI is InChI=1S/C23H28N2O2Si/c1-15(26)19-20(16-11-8-7-9-12-16)24-25-21(19)17-13-10-14-18(23(2,3)4)22(17)27-28(5)6/h7-14,28H,1-6H3,(H,24,25). The number of aromatic amines is 1. The first kappa shape index (κ1) is 20.1. The molecule has 0 atom stereocenters. The van der Waals surface area contributed by atoms with Gasteiger partial charge in [-0.1, -0.05) is 63.2 Å². The van der Waals surface area contributed by atoms with Crippen molar-refractivity contribution < 1.29 is 9.22 Å². The molecule has 0 aliphatic rings. The smallest absolute Gasteiger partial charge is 0.229 e. The molecular formula is C23H28N2O2Si. The number of Topliss-reactive ketones (excluding diaryl/α,β-unsaturated/α-hetero) is 1. The summed E-state index contributed by atoms with van der Waals surface area (Å²) in [6.45, 7) is 12.4. The van der Waals surface area contributed by atoms with Crippen molar-refractivity contribution >= 4 is 14.8 Å². The van der Waals surface area contributed by atoms with Crippen LogP contribution in [-0.2, 0) is 5.41 Å². The van der Waals surface area contributed by atoms with E-state index in [-0.39, 0.29) is 11.2 Å². The molecule has 0 saturated heterocycles. The van der Waals surface area contributed by atoms with Gasteiger partial charge < -0.3 is 4.43 Å². The van der Waals surface area contributed by atoms with Crippen LogP contribution in [0.25, 0.3) is 22.5 Å². The Morgan fingerprint density at radius 2 is 1.71 bits per heavy atom. The lowest BCUT2D eigenvalue weighted by Gasteiger charge is -2.26. The Kier molecular flexibility index (Phi) is 5.56. The molecule has 28 heavy (non-hydrogen) atoms. The molecule has 0 saturated carbocycles. The van der Waals surface area contributed by atoms with E-state index in [0.29, 0.717) is 11.3 Å². The molecular weight excluding hydrogens is 364 g/mol. The molecule has 2 aromatic carbocycles. The Hall–Kier alpha value is -2.66. The minimum absolute atomic E-state index is 0.0171. The molecule has 0 aliphatic carbocycles. The molecule has 0 aliphatic heterocycles. The van der Waals surface area contributed by atoms with Gasteiger partial charge in [0.1, 0.15) is 11.4 Å². The van der Waals surface area contributed by atoms with Gasteiger partial charge in [-0.25, -0.2) is 0 Å². The van der Waals surface area contributed by atoms with Gasteiger partial charge in [-0.05, 0) is 37.1 Å². The lowest BCUT2D eigenvalue weighted by atomic mass is 9.84. The number of H-pyrrole nitrogens is 1. The first-order valence-electron chi connectivity index (χ1n) is 9.65. The van der Waals surface area contributed by atoms with Crippen LogP contribution in [0.3, 0.4) is 0 Å². The molecule has 1 heterocycles. The van der Waals surface area contributed by atoms with Crippen molar-refractivity contribution in [2.24, 2.45) is 0 Å². The number of hydrogen-bond donors (Lipinski definition) is 1. The summed E-state index contributed by atoms with van der Waals surface area (Å²) < 4.78 is 6.38. The zero-order chi connectivity index (χ0) is 20.5. The lowest BCUT2D eigenvalue weighted by molar-refractivity contribution is 0.101. The molecule has 0 fully saturated rings. The molecule has 0 amide bonds. The van der Waals surface area contributed by atoms with Gasteiger partial charge in [0.2, 0.25) is 9.04 Å². The van der Waals surface area contributed by atoms with Crippen LogP contribution in [0.2, 0.25) is 13.1 Å². The number of ketones is 1. The number of hydrogen-bond acceptors (Lipinski definition) is 3. The average molecular weight is 393 g/mol. The first-order chi connectivity index (χ1) is 13.2. The molecule has 1 N–H and O–H groups in total. The Balaban J connectivity index is 2.27. The van der Waals surface area contributed by atoms with Crippen LogP contribution in [0.15, 0.2) is 48.5 Å². The minimum atomic E-state index is -1.36. The zero-order valence-electron chi connectivity index (χ0n) is 17.5. The maximum Gasteiger partial charge on any atom is 0.229 e. The highest BCUT2D eigenvalue weighted by Gasteiger charge is 2.27. The van der Waals surface area contributed by atoms with E-state index in [1.807, 2.05) is 42.5 Å². The van der Waals surface area contributed by atoms with E-state index >= 15 is 0 Å². The molecule has 3 rings (SSSR count). The van der Waals surface area contributed by atoms with Crippen LogP contribution in [0.5, 0.6) is 5.75 Å². The number of benzene rings is 2. The molecule has 3 aromatic rings. The fraction of sp³-hybridized carbons (Fsp3) is 0.304. The second-order valence-electron chi connectivity index (χ2n) is 8.34. The van der Waals surface area contributed by atoms with Crippen LogP contribution in [0, 0.1) is 0 Å². The van der Waals surface area contributed by atoms with Crippen LogP contribution >= 0.6 is 0 Å². The van der Waals surface area contributed by atoms with Gasteiger partial charge in [0.25, 0.3) is 0 Å². The van der Waals surface area contributed by atoms with E-state index in [0.717, 1.165) is 28.1 Å². The highest BCUT2D eigenvalue weighted by atomic mass is 28.3. The van der Waals surface area contributed by atoms with Crippen LogP contribution in [0.1, 0.15) is 43.6 Å². The van der Waals surface area contributed by atoms with Crippen molar-refractivity contribution in [3.8, 4) is 28.3 Å². The van der Waals surface area contributed by atoms with Crippen molar-refractivity contribution in [1.29, 1.82) is 0 Å². The van der Waals surface area contributed by atoms with E-state index in [4.69, 9.17) is 4.43 Å². The predicted octanol–water partition coefficient (Wildman–Crippen LogP) is 5.61. The molecule has 146 valence electrons. The number of carbonyl (C=O) groups is 1. The average Bonchev–Trinajstić information content (AvgIpc) is 3.06. The number of nitrogens with one attached hydrogen (secondary N) is 1. The summed E-state index contributed by atoms with van der Waals surface area (Å²) in [5.74, 6) is 0.835. The van der Waals surface area contributed by atoms with E-state index in [9.17, 15) is 4.79 Å². The lowest BCUT2D eigenvalue weighted by Crippen LogP contribution is -2.19. The number of aromatic nitrogens is 2. The number of rotatable bonds is 5. The van der Waals surface area contributed by atoms with Crippen molar-refractivity contribution in [1.82, 2.24) is 10.2 Å². The van der Waals surface area contributed by atoms with Crippen molar-refractivity contribution in [2.45, 2.75) is 46.2 Å². The normalized spacial score (nSPS) is 11.7. The van der Waals surface area contributed by atoms with Crippen LogP contribution in [0.4, 0.5) is 0 Å². The van der Waals surface area contributed by atoms with Crippen molar-refractivity contribution in [3.63, 3.8) is 0 Å². The van der Waals surface area contributed by atoms with E-state index in [1.165, 1.54) is 0 Å². The highest BCUT2D eigenvalue weighted by Crippen LogP contribution is 2.41.